The van der Waals surface area contributed by atoms with Gasteiger partial charge in [-0.2, -0.15) is 5.26 Å². The molecule has 0 bridgehead atoms. The minimum atomic E-state index is -0.665. The number of nitrogens with zero attached hydrogens (tertiary/aromatic N) is 1. The third-order valence-corrected chi connectivity index (χ3v) is 5.65. The van der Waals surface area contributed by atoms with Crippen LogP contribution in [0.3, 0.4) is 0 Å². The number of anilines is 2. The molecule has 0 aromatic heterocycles. The quantitative estimate of drug-likeness (QED) is 0.425. The number of carbonyl (C=O) groups is 1. The maximum atomic E-state index is 13.4. The average Bonchev–Trinajstić information content (AvgIpc) is 3.04. The molecule has 3 rings (SSSR count). The predicted molar refractivity (Wildman–Crippen MR) is 137 cm³/mol. The van der Waals surface area contributed by atoms with Gasteiger partial charge in [-0.05, 0) is 62.6 Å². The number of nitrogens with one attached hydrogen (secondary N) is 2. The Bertz CT molecular complexity index is 910. The van der Waals surface area contributed by atoms with E-state index in [1.165, 1.54) is 49.8 Å². The second-order valence-corrected chi connectivity index (χ2v) is 8.71. The summed E-state index contributed by atoms with van der Waals surface area (Å²) in [5.41, 5.74) is 3.42. The van der Waals surface area contributed by atoms with Crippen LogP contribution in [-0.2, 0) is 16.6 Å². The van der Waals surface area contributed by atoms with Crippen LogP contribution in [0.15, 0.2) is 36.4 Å². The molecule has 0 atom stereocenters. The van der Waals surface area contributed by atoms with Crippen molar-refractivity contribution in [2.75, 3.05) is 17.2 Å². The van der Waals surface area contributed by atoms with Gasteiger partial charge in [0, 0.05) is 6.54 Å². The van der Waals surface area contributed by atoms with Gasteiger partial charge in [0.25, 0.3) is 0 Å². The Morgan fingerprint density at radius 2 is 1.61 bits per heavy atom. The first-order valence-electron chi connectivity index (χ1n) is 12.1. The van der Waals surface area contributed by atoms with E-state index in [0.717, 1.165) is 12.0 Å². The number of nitriles is 1. The van der Waals surface area contributed by atoms with Crippen LogP contribution in [-0.4, -0.2) is 12.5 Å². The molecule has 0 saturated carbocycles. The summed E-state index contributed by atoms with van der Waals surface area (Å²) in [4.78, 5) is 11.8. The summed E-state index contributed by atoms with van der Waals surface area (Å²) in [6, 6.07) is 12.6. The largest absolute Gasteiger partial charge is 0.384 e. The van der Waals surface area contributed by atoms with Gasteiger partial charge in [-0.1, -0.05) is 65.0 Å². The number of unbranched alkanes of at least 4 members (excludes halogenated alkanes) is 4. The smallest absolute Gasteiger partial charge is 0.234 e. The van der Waals surface area contributed by atoms with E-state index < -0.39 is 5.41 Å². The monoisotopic (exact) mass is 453 g/mol. The number of rotatable bonds is 7. The first kappa shape index (κ1) is 28.2. The number of hydrogen-bond donors (Lipinski definition) is 2. The van der Waals surface area contributed by atoms with Gasteiger partial charge in [-0.25, -0.2) is 4.39 Å². The lowest BCUT2D eigenvalue weighted by Gasteiger charge is -2.15. The van der Waals surface area contributed by atoms with Gasteiger partial charge >= 0.3 is 0 Å². The first-order chi connectivity index (χ1) is 15.7. The summed E-state index contributed by atoms with van der Waals surface area (Å²) in [6.45, 7) is 12.8. The zero-order valence-corrected chi connectivity index (χ0v) is 21.1. The highest BCUT2D eigenvalue weighted by molar-refractivity contribution is 6.08. The van der Waals surface area contributed by atoms with Crippen LogP contribution in [0.2, 0.25) is 0 Å². The third kappa shape index (κ3) is 8.53. The van der Waals surface area contributed by atoms with Crippen molar-refractivity contribution in [3.8, 4) is 6.07 Å². The molecule has 2 aromatic rings. The molecule has 2 N–H and O–H groups in total. The second kappa shape index (κ2) is 14.3. The van der Waals surface area contributed by atoms with E-state index in [9.17, 15) is 9.18 Å². The maximum Gasteiger partial charge on any atom is 0.234 e. The van der Waals surface area contributed by atoms with Gasteiger partial charge in [0.2, 0.25) is 5.91 Å². The number of halogens is 1. The van der Waals surface area contributed by atoms with E-state index in [-0.39, 0.29) is 11.7 Å². The molecule has 180 valence electrons. The summed E-state index contributed by atoms with van der Waals surface area (Å²) in [7, 11) is 0. The fraction of sp³-hybridized carbons (Fsp3) is 0.500. The molecule has 4 nitrogen and oxygen atoms in total. The van der Waals surface area contributed by atoms with Crippen molar-refractivity contribution in [1.82, 2.24) is 0 Å². The van der Waals surface area contributed by atoms with Crippen molar-refractivity contribution < 1.29 is 9.18 Å². The lowest BCUT2D eigenvalue weighted by Crippen LogP contribution is -2.26. The van der Waals surface area contributed by atoms with Gasteiger partial charge in [-0.3, -0.25) is 4.79 Å². The minimum absolute atomic E-state index is 0.0905. The Hall–Kier alpha value is -2.87. The van der Waals surface area contributed by atoms with Gasteiger partial charge in [0.15, 0.2) is 0 Å². The molecule has 0 spiro atoms. The highest BCUT2D eigenvalue weighted by Crippen LogP contribution is 2.42. The van der Waals surface area contributed by atoms with E-state index in [2.05, 4.69) is 37.5 Å². The Labute approximate surface area is 199 Å². The summed E-state index contributed by atoms with van der Waals surface area (Å²) in [5.74, 6) is -0.411. The lowest BCUT2D eigenvalue weighted by atomic mass is 9.86. The molecule has 0 radical (unpaired) electrons. The van der Waals surface area contributed by atoms with Crippen LogP contribution in [0.1, 0.15) is 90.3 Å². The number of benzene rings is 2. The van der Waals surface area contributed by atoms with Crippen molar-refractivity contribution in [1.29, 1.82) is 5.26 Å². The predicted octanol–water partition coefficient (Wildman–Crippen LogP) is 7.58. The molecular formula is C28H40FN3O. The maximum absolute atomic E-state index is 13.4. The molecule has 33 heavy (non-hydrogen) atoms. The molecule has 1 amide bonds. The number of carbonyl (C=O) groups excluding carboxylic acids is 1. The molecule has 5 heteroatoms. The summed E-state index contributed by atoms with van der Waals surface area (Å²) < 4.78 is 13.4. The molecule has 0 aliphatic carbocycles. The van der Waals surface area contributed by atoms with Crippen LogP contribution in [0.25, 0.3) is 0 Å². The number of aryl methyl sites for hydroxylation is 1. The van der Waals surface area contributed by atoms with Crippen LogP contribution in [0.4, 0.5) is 15.8 Å². The highest BCUT2D eigenvalue weighted by Gasteiger charge is 2.40. The Kier molecular flexibility index (Phi) is 12.2. The third-order valence-electron chi connectivity index (χ3n) is 5.65. The SMILES string of the molecule is CCCCCCC.CCNc1cc(F)cc2c1NC(=O)C2(C)C.CCc1ccc(C#N)cc1. The summed E-state index contributed by atoms with van der Waals surface area (Å²) in [6.07, 6.45) is 8.04. The molecule has 1 aliphatic heterocycles. The zero-order chi connectivity index (χ0) is 24.9. The fourth-order valence-corrected chi connectivity index (χ4v) is 3.45. The Balaban J connectivity index is 0.000000275. The molecule has 0 unspecified atom stereocenters. The standard InChI is InChI=1S/C12H15FN2O.C9H9N.C7H16/c1-4-14-9-6-7(13)5-8-10(9)15-11(16)12(8,2)3;1-2-8-3-5-9(7-10)6-4-8;1-3-5-7-6-4-2/h5-6,14H,4H2,1-3H3,(H,15,16);3-6H,2H2,1H3;3-7H2,1-2H3. The van der Waals surface area contributed by atoms with Crippen molar-refractivity contribution in [2.45, 2.75) is 85.5 Å². The molecule has 1 heterocycles. The van der Waals surface area contributed by atoms with Gasteiger partial charge in [-0.15, -0.1) is 0 Å². The second-order valence-electron chi connectivity index (χ2n) is 8.71. The van der Waals surface area contributed by atoms with E-state index in [1.807, 2.05) is 31.2 Å². The molecule has 1 aliphatic rings. The van der Waals surface area contributed by atoms with Gasteiger partial charge < -0.3 is 10.6 Å². The van der Waals surface area contributed by atoms with E-state index in [4.69, 9.17) is 5.26 Å². The van der Waals surface area contributed by atoms with Gasteiger partial charge in [0.05, 0.1) is 28.4 Å². The van der Waals surface area contributed by atoms with E-state index >= 15 is 0 Å². The number of fused-ring (bicyclic) bond motifs is 1. The molecule has 0 fully saturated rings. The average molecular weight is 454 g/mol. The van der Waals surface area contributed by atoms with Crippen LogP contribution in [0.5, 0.6) is 0 Å². The first-order valence-corrected chi connectivity index (χ1v) is 12.1. The summed E-state index contributed by atoms with van der Waals surface area (Å²) in [5, 5.41) is 14.3. The summed E-state index contributed by atoms with van der Waals surface area (Å²) >= 11 is 0. The van der Waals surface area contributed by atoms with Crippen molar-refractivity contribution in [2.24, 2.45) is 0 Å². The Morgan fingerprint density at radius 1 is 1.00 bits per heavy atom. The zero-order valence-electron chi connectivity index (χ0n) is 21.1. The van der Waals surface area contributed by atoms with Crippen LogP contribution in [0, 0.1) is 17.1 Å². The van der Waals surface area contributed by atoms with Crippen molar-refractivity contribution in [3.05, 3.63) is 58.9 Å². The highest BCUT2D eigenvalue weighted by atomic mass is 19.1. The van der Waals surface area contributed by atoms with E-state index in [1.54, 1.807) is 13.8 Å². The molecule has 0 saturated heterocycles. The van der Waals surface area contributed by atoms with Crippen LogP contribution >= 0.6 is 0 Å². The lowest BCUT2D eigenvalue weighted by molar-refractivity contribution is -0.119. The normalized spacial score (nSPS) is 12.8. The number of amides is 1. The molecule has 2 aromatic carbocycles. The van der Waals surface area contributed by atoms with Gasteiger partial charge in [0.1, 0.15) is 5.82 Å². The Morgan fingerprint density at radius 3 is 2.09 bits per heavy atom. The molecular weight excluding hydrogens is 413 g/mol. The van der Waals surface area contributed by atoms with Crippen molar-refractivity contribution >= 4 is 17.3 Å². The topological polar surface area (TPSA) is 64.9 Å². The van der Waals surface area contributed by atoms with Crippen LogP contribution < -0.4 is 10.6 Å². The fourth-order valence-electron chi connectivity index (χ4n) is 3.45. The van der Waals surface area contributed by atoms with E-state index in [0.29, 0.717) is 23.5 Å². The van der Waals surface area contributed by atoms with Crippen molar-refractivity contribution in [3.63, 3.8) is 0 Å². The minimum Gasteiger partial charge on any atom is -0.384 e. The number of hydrogen-bond acceptors (Lipinski definition) is 3.